The van der Waals surface area contributed by atoms with Crippen molar-refractivity contribution in [2.75, 3.05) is 10.0 Å². The van der Waals surface area contributed by atoms with Crippen molar-refractivity contribution in [3.63, 3.8) is 0 Å². The summed E-state index contributed by atoms with van der Waals surface area (Å²) in [5.41, 5.74) is 5.07. The second kappa shape index (κ2) is 9.66. The van der Waals surface area contributed by atoms with Gasteiger partial charge in [-0.25, -0.2) is 10.0 Å². The van der Waals surface area contributed by atoms with Crippen LogP contribution >= 0.6 is 0 Å². The maximum Gasteiger partial charge on any atom is 0.269 e. The van der Waals surface area contributed by atoms with Gasteiger partial charge in [0.1, 0.15) is 0 Å². The third-order valence-electron chi connectivity index (χ3n) is 7.13. The van der Waals surface area contributed by atoms with Crippen LogP contribution in [0.5, 0.6) is 0 Å². The summed E-state index contributed by atoms with van der Waals surface area (Å²) in [4.78, 5) is 38.6. The van der Waals surface area contributed by atoms with Crippen LogP contribution in [0.15, 0.2) is 83.0 Å². The topological polar surface area (TPSA) is 108 Å². The molecular formula is C29H27N5O4. The number of rotatable bonds is 6. The first-order valence-electron chi connectivity index (χ1n) is 12.3. The van der Waals surface area contributed by atoms with E-state index in [1.54, 1.807) is 26.0 Å². The molecule has 3 aromatic carbocycles. The van der Waals surface area contributed by atoms with E-state index in [0.717, 1.165) is 11.1 Å². The second-order valence-corrected chi connectivity index (χ2v) is 9.78. The average Bonchev–Trinajstić information content (AvgIpc) is 3.36. The van der Waals surface area contributed by atoms with E-state index in [0.29, 0.717) is 28.4 Å². The Morgan fingerprint density at radius 1 is 0.684 bits per heavy atom. The van der Waals surface area contributed by atoms with E-state index in [4.69, 9.17) is 0 Å². The number of benzene rings is 3. The number of carbonyl (C=O) groups excluding carboxylic acids is 2. The summed E-state index contributed by atoms with van der Waals surface area (Å²) in [6.07, 6.45) is 0. The zero-order valence-electron chi connectivity index (χ0n) is 21.5. The van der Waals surface area contributed by atoms with E-state index in [1.165, 1.54) is 22.2 Å². The third kappa shape index (κ3) is 4.36. The molecule has 0 fully saturated rings. The first-order valence-corrected chi connectivity index (χ1v) is 12.3. The van der Waals surface area contributed by atoms with Crippen LogP contribution in [0, 0.1) is 35.8 Å². The quantitative estimate of drug-likeness (QED) is 0.329. The summed E-state index contributed by atoms with van der Waals surface area (Å²) >= 11 is 0. The Morgan fingerprint density at radius 2 is 1.08 bits per heavy atom. The van der Waals surface area contributed by atoms with Crippen molar-refractivity contribution in [1.29, 1.82) is 0 Å². The van der Waals surface area contributed by atoms with Gasteiger partial charge in [0.2, 0.25) is 0 Å². The molecule has 0 N–H and O–H groups in total. The highest BCUT2D eigenvalue weighted by Gasteiger charge is 2.50. The van der Waals surface area contributed by atoms with E-state index >= 15 is 0 Å². The van der Waals surface area contributed by atoms with E-state index < -0.39 is 22.7 Å². The Morgan fingerprint density at radius 3 is 1.45 bits per heavy atom. The predicted molar refractivity (Wildman–Crippen MR) is 146 cm³/mol. The largest absolute Gasteiger partial charge is 0.272 e. The maximum atomic E-state index is 13.9. The summed E-state index contributed by atoms with van der Waals surface area (Å²) in [5, 5.41) is 23.2. The van der Waals surface area contributed by atoms with Crippen molar-refractivity contribution in [3.05, 3.63) is 99.6 Å². The Balaban J connectivity index is 1.57. The van der Waals surface area contributed by atoms with Gasteiger partial charge in [0.05, 0.1) is 28.1 Å². The number of nitrogens with zero attached hydrogens (tertiary/aromatic N) is 5. The molecule has 2 aliphatic rings. The first-order chi connectivity index (χ1) is 18.2. The highest BCUT2D eigenvalue weighted by molar-refractivity contribution is 6.19. The second-order valence-electron chi connectivity index (χ2n) is 9.78. The van der Waals surface area contributed by atoms with Gasteiger partial charge < -0.3 is 0 Å². The fourth-order valence-electron chi connectivity index (χ4n) is 5.12. The van der Waals surface area contributed by atoms with E-state index in [1.807, 2.05) is 62.4 Å². The molecule has 2 atom stereocenters. The minimum Gasteiger partial charge on any atom is -0.272 e. The molecule has 192 valence electrons. The lowest BCUT2D eigenvalue weighted by atomic mass is 9.73. The van der Waals surface area contributed by atoms with Gasteiger partial charge in [0.25, 0.3) is 17.5 Å². The average molecular weight is 510 g/mol. The van der Waals surface area contributed by atoms with Gasteiger partial charge >= 0.3 is 0 Å². The lowest BCUT2D eigenvalue weighted by Gasteiger charge is -2.28. The molecule has 2 aliphatic heterocycles. The molecule has 2 amide bonds. The predicted octanol–water partition coefficient (Wildman–Crippen LogP) is 5.37. The number of hydrogen-bond donors (Lipinski definition) is 0. The first kappa shape index (κ1) is 25.0. The lowest BCUT2D eigenvalue weighted by molar-refractivity contribution is -0.384. The number of nitro groups is 1. The van der Waals surface area contributed by atoms with Crippen molar-refractivity contribution >= 4 is 40.3 Å². The Bertz CT molecular complexity index is 1390. The van der Waals surface area contributed by atoms with Crippen LogP contribution in [0.1, 0.15) is 36.5 Å². The van der Waals surface area contributed by atoms with Crippen LogP contribution in [0.3, 0.4) is 0 Å². The van der Waals surface area contributed by atoms with Gasteiger partial charge in [0.15, 0.2) is 0 Å². The molecule has 9 heteroatoms. The van der Waals surface area contributed by atoms with Crippen LogP contribution in [0.4, 0.5) is 17.1 Å². The van der Waals surface area contributed by atoms with E-state index in [9.17, 15) is 19.7 Å². The zero-order chi connectivity index (χ0) is 27.1. The minimum absolute atomic E-state index is 0.0682. The van der Waals surface area contributed by atoms with Crippen molar-refractivity contribution < 1.29 is 14.5 Å². The number of carbonyl (C=O) groups is 2. The maximum absolute atomic E-state index is 13.9. The fourth-order valence-corrected chi connectivity index (χ4v) is 5.12. The van der Waals surface area contributed by atoms with Crippen molar-refractivity contribution in [1.82, 2.24) is 0 Å². The number of non-ortho nitro benzene ring substituents is 1. The highest BCUT2D eigenvalue weighted by atomic mass is 16.6. The van der Waals surface area contributed by atoms with Crippen molar-refractivity contribution in [3.8, 4) is 0 Å². The molecule has 2 heterocycles. The molecule has 0 saturated carbocycles. The molecule has 2 unspecified atom stereocenters. The van der Waals surface area contributed by atoms with Gasteiger partial charge in [-0.15, -0.1) is 0 Å². The summed E-state index contributed by atoms with van der Waals surface area (Å²) in [6, 6.07) is 21.0. The molecule has 0 aliphatic carbocycles. The number of anilines is 2. The normalized spacial score (nSPS) is 20.0. The van der Waals surface area contributed by atoms with Gasteiger partial charge in [-0.3, -0.25) is 19.7 Å². The standard InChI is InChI=1S/C29H27N5O4/c1-17-5-11-22(12-6-17)32-28(35)25(19(3)30-32)27(21-9-15-24(16-10-21)34(37)38)26-20(4)31-33(29(26)36)23-13-7-18(2)8-14-23/h5-16,25-27H,1-4H3. The zero-order valence-corrected chi connectivity index (χ0v) is 21.5. The van der Waals surface area contributed by atoms with Crippen LogP contribution < -0.4 is 10.0 Å². The smallest absolute Gasteiger partial charge is 0.269 e. The minimum atomic E-state index is -0.755. The molecular weight excluding hydrogens is 482 g/mol. The molecule has 0 spiro atoms. The van der Waals surface area contributed by atoms with Crippen molar-refractivity contribution in [2.45, 2.75) is 33.6 Å². The number of hydrogen-bond acceptors (Lipinski definition) is 6. The van der Waals surface area contributed by atoms with Crippen LogP contribution in [0.2, 0.25) is 0 Å². The van der Waals surface area contributed by atoms with E-state index in [-0.39, 0.29) is 17.5 Å². The number of aryl methyl sites for hydroxylation is 2. The Labute approximate surface area is 220 Å². The number of hydrazone groups is 2. The molecule has 3 aromatic rings. The summed E-state index contributed by atoms with van der Waals surface area (Å²) in [6.45, 7) is 7.48. The molecule has 5 rings (SSSR count). The summed E-state index contributed by atoms with van der Waals surface area (Å²) < 4.78 is 0. The molecule has 0 radical (unpaired) electrons. The van der Waals surface area contributed by atoms with E-state index in [2.05, 4.69) is 10.2 Å². The van der Waals surface area contributed by atoms with Crippen molar-refractivity contribution in [2.24, 2.45) is 22.0 Å². The molecule has 0 aromatic heterocycles. The van der Waals surface area contributed by atoms with Crippen LogP contribution in [-0.4, -0.2) is 28.2 Å². The summed E-state index contributed by atoms with van der Waals surface area (Å²) in [7, 11) is 0. The van der Waals surface area contributed by atoms with Crippen LogP contribution in [-0.2, 0) is 9.59 Å². The Kier molecular flexibility index (Phi) is 6.36. The Hall–Kier alpha value is -4.66. The summed E-state index contributed by atoms with van der Waals surface area (Å²) in [5.74, 6) is -2.69. The fraction of sp³-hybridized carbons (Fsp3) is 0.241. The van der Waals surface area contributed by atoms with Gasteiger partial charge in [-0.05, 0) is 57.5 Å². The number of nitro benzene ring substituents is 1. The van der Waals surface area contributed by atoms with Gasteiger partial charge in [0, 0.05) is 29.5 Å². The van der Waals surface area contributed by atoms with Gasteiger partial charge in [-0.1, -0.05) is 47.5 Å². The SMILES string of the molecule is CC1=NN(c2ccc(C)cc2)C(=O)C1C(c1ccc([N+](=O)[O-])cc1)C1C(=O)N(c2ccc(C)cc2)N=C1C. The highest BCUT2D eigenvalue weighted by Crippen LogP contribution is 2.43. The molecule has 0 bridgehead atoms. The molecule has 0 saturated heterocycles. The monoisotopic (exact) mass is 509 g/mol. The van der Waals surface area contributed by atoms with Gasteiger partial charge in [-0.2, -0.15) is 10.2 Å². The molecule has 9 nitrogen and oxygen atoms in total. The lowest BCUT2D eigenvalue weighted by Crippen LogP contribution is -2.40. The third-order valence-corrected chi connectivity index (χ3v) is 7.13. The van der Waals surface area contributed by atoms with Crippen LogP contribution in [0.25, 0.3) is 0 Å². The number of amides is 2. The molecule has 38 heavy (non-hydrogen) atoms.